The number of nitrogens with one attached hydrogen (secondary N) is 2. The highest BCUT2D eigenvalue weighted by Crippen LogP contribution is 2.60. The summed E-state index contributed by atoms with van der Waals surface area (Å²) < 4.78 is 24.6. The zero-order valence-electron chi connectivity index (χ0n) is 16.2. The molecule has 0 heterocycles. The second-order valence-corrected chi connectivity index (χ2v) is 11.1. The minimum atomic E-state index is -3.69. The van der Waals surface area contributed by atoms with Gasteiger partial charge in [0.1, 0.15) is 5.75 Å². The molecule has 4 saturated carbocycles. The van der Waals surface area contributed by atoms with E-state index in [2.05, 4.69) is 10.9 Å². The van der Waals surface area contributed by atoms with Gasteiger partial charge in [0.2, 0.25) is 5.91 Å². The Hall–Kier alpha value is -2.40. The lowest BCUT2D eigenvalue weighted by molar-refractivity contribution is -0.148. The molecule has 4 aliphatic carbocycles. The largest absolute Gasteiger partial charge is 0.273 e. The standard InChI is InChI=1S/C21H25N3O4S/c22-11-14-1-3-15(4-2-14)12-29(27,28)13-19(25)23-24-20(26)21-8-16-5-17(9-21)7-18(6-16)10-21/h1-4,16-18H,5-10,12-13H2,(H,23,25)(H,24,26). The van der Waals surface area contributed by atoms with Gasteiger partial charge < -0.3 is 0 Å². The monoisotopic (exact) mass is 415 g/mol. The van der Waals surface area contributed by atoms with Crippen molar-refractivity contribution < 1.29 is 18.0 Å². The Bertz CT molecular complexity index is 927. The molecule has 5 rings (SSSR count). The van der Waals surface area contributed by atoms with Crippen LogP contribution in [0.1, 0.15) is 49.7 Å². The molecule has 7 nitrogen and oxygen atoms in total. The van der Waals surface area contributed by atoms with Crippen molar-refractivity contribution in [3.63, 3.8) is 0 Å². The zero-order chi connectivity index (χ0) is 20.6. The smallest absolute Gasteiger partial charge is 0.253 e. The highest BCUT2D eigenvalue weighted by atomic mass is 32.2. The summed E-state index contributed by atoms with van der Waals surface area (Å²) in [6, 6.07) is 8.16. The maximum Gasteiger partial charge on any atom is 0.253 e. The number of carbonyl (C=O) groups is 2. The number of hydrogen-bond acceptors (Lipinski definition) is 5. The highest BCUT2D eigenvalue weighted by Gasteiger charge is 2.54. The van der Waals surface area contributed by atoms with E-state index in [0.717, 1.165) is 19.3 Å². The molecule has 4 fully saturated rings. The third kappa shape index (κ3) is 4.30. The van der Waals surface area contributed by atoms with Gasteiger partial charge in [0, 0.05) is 0 Å². The van der Waals surface area contributed by atoms with E-state index in [1.807, 2.05) is 6.07 Å². The van der Waals surface area contributed by atoms with Crippen LogP contribution in [0.2, 0.25) is 0 Å². The van der Waals surface area contributed by atoms with Crippen LogP contribution in [0.5, 0.6) is 0 Å². The molecule has 0 spiro atoms. The molecular formula is C21H25N3O4S. The number of nitriles is 1. The SMILES string of the molecule is N#Cc1ccc(CS(=O)(=O)CC(=O)NNC(=O)C23CC4CC(CC(C4)C2)C3)cc1. The van der Waals surface area contributed by atoms with Crippen LogP contribution in [0.15, 0.2) is 24.3 Å². The summed E-state index contributed by atoms with van der Waals surface area (Å²) in [5, 5.41) is 8.79. The lowest BCUT2D eigenvalue weighted by Gasteiger charge is -2.55. The average molecular weight is 416 g/mol. The Balaban J connectivity index is 1.30. The topological polar surface area (TPSA) is 116 Å². The molecule has 4 aliphatic rings. The van der Waals surface area contributed by atoms with E-state index in [0.29, 0.717) is 28.9 Å². The summed E-state index contributed by atoms with van der Waals surface area (Å²) in [5.74, 6) is -0.0869. The number of sulfone groups is 1. The van der Waals surface area contributed by atoms with Crippen molar-refractivity contribution in [2.45, 2.75) is 44.3 Å². The number of amides is 2. The molecule has 2 amide bonds. The predicted molar refractivity (Wildman–Crippen MR) is 106 cm³/mol. The van der Waals surface area contributed by atoms with Crippen LogP contribution in [-0.4, -0.2) is 26.0 Å². The maximum atomic E-state index is 12.8. The minimum Gasteiger partial charge on any atom is -0.273 e. The number of nitrogens with zero attached hydrogens (tertiary/aromatic N) is 1. The summed E-state index contributed by atoms with van der Waals surface area (Å²) in [6.07, 6.45) is 6.26. The van der Waals surface area contributed by atoms with E-state index in [4.69, 9.17) is 5.26 Å². The molecule has 154 valence electrons. The summed E-state index contributed by atoms with van der Waals surface area (Å²) in [7, 11) is -3.69. The van der Waals surface area contributed by atoms with Crippen molar-refractivity contribution in [1.29, 1.82) is 5.26 Å². The molecule has 0 unspecified atom stereocenters. The van der Waals surface area contributed by atoms with Crippen LogP contribution >= 0.6 is 0 Å². The van der Waals surface area contributed by atoms with Crippen molar-refractivity contribution >= 4 is 21.7 Å². The Morgan fingerprint density at radius 3 is 2.07 bits per heavy atom. The fraction of sp³-hybridized carbons (Fsp3) is 0.571. The second-order valence-electron chi connectivity index (χ2n) is 9.04. The lowest BCUT2D eigenvalue weighted by Crippen LogP contribution is -2.57. The lowest BCUT2D eigenvalue weighted by atomic mass is 9.49. The third-order valence-electron chi connectivity index (χ3n) is 6.66. The van der Waals surface area contributed by atoms with E-state index in [1.54, 1.807) is 12.1 Å². The molecule has 1 aromatic carbocycles. The average Bonchev–Trinajstić information content (AvgIpc) is 2.65. The van der Waals surface area contributed by atoms with Gasteiger partial charge >= 0.3 is 0 Å². The van der Waals surface area contributed by atoms with Crippen molar-refractivity contribution in [2.24, 2.45) is 23.2 Å². The fourth-order valence-electron chi connectivity index (χ4n) is 5.86. The first kappa shape index (κ1) is 19.9. The Morgan fingerprint density at radius 2 is 1.55 bits per heavy atom. The maximum absolute atomic E-state index is 12.8. The molecule has 0 atom stereocenters. The zero-order valence-corrected chi connectivity index (χ0v) is 17.0. The third-order valence-corrected chi connectivity index (χ3v) is 8.13. The van der Waals surface area contributed by atoms with Gasteiger partial charge in [-0.1, -0.05) is 12.1 Å². The van der Waals surface area contributed by atoms with Crippen LogP contribution in [0, 0.1) is 34.5 Å². The van der Waals surface area contributed by atoms with E-state index in [1.165, 1.54) is 31.4 Å². The first-order chi connectivity index (χ1) is 13.8. The number of hydrogen-bond donors (Lipinski definition) is 2. The van der Waals surface area contributed by atoms with Crippen LogP contribution < -0.4 is 10.9 Å². The van der Waals surface area contributed by atoms with Crippen molar-refractivity contribution in [3.8, 4) is 6.07 Å². The fourth-order valence-corrected chi connectivity index (χ4v) is 7.14. The molecular weight excluding hydrogens is 390 g/mol. The summed E-state index contributed by atoms with van der Waals surface area (Å²) >= 11 is 0. The van der Waals surface area contributed by atoms with E-state index < -0.39 is 26.9 Å². The van der Waals surface area contributed by atoms with Gasteiger partial charge in [-0.25, -0.2) is 8.42 Å². The molecule has 0 saturated heterocycles. The van der Waals surface area contributed by atoms with Crippen LogP contribution in [0.4, 0.5) is 0 Å². The van der Waals surface area contributed by atoms with Crippen molar-refractivity contribution in [1.82, 2.24) is 10.9 Å². The van der Waals surface area contributed by atoms with E-state index in [-0.39, 0.29) is 11.7 Å². The molecule has 0 aliphatic heterocycles. The molecule has 2 N–H and O–H groups in total. The molecule has 0 aromatic heterocycles. The first-order valence-corrected chi connectivity index (χ1v) is 11.9. The molecule has 8 heteroatoms. The summed E-state index contributed by atoms with van der Waals surface area (Å²) in [4.78, 5) is 24.9. The van der Waals surface area contributed by atoms with Crippen LogP contribution in [0.3, 0.4) is 0 Å². The second kappa shape index (κ2) is 7.45. The molecule has 29 heavy (non-hydrogen) atoms. The van der Waals surface area contributed by atoms with Gasteiger partial charge in [-0.15, -0.1) is 0 Å². The molecule has 0 radical (unpaired) electrons. The number of hydrazine groups is 1. The van der Waals surface area contributed by atoms with Gasteiger partial charge in [0.15, 0.2) is 9.84 Å². The van der Waals surface area contributed by atoms with E-state index in [9.17, 15) is 18.0 Å². The summed E-state index contributed by atoms with van der Waals surface area (Å²) in [6.45, 7) is 0. The Kier molecular flexibility index (Phi) is 5.11. The van der Waals surface area contributed by atoms with E-state index >= 15 is 0 Å². The quantitative estimate of drug-likeness (QED) is 0.712. The van der Waals surface area contributed by atoms with Gasteiger partial charge in [0.05, 0.1) is 22.8 Å². The number of rotatable bonds is 5. The molecule has 4 bridgehead atoms. The van der Waals surface area contributed by atoms with Crippen molar-refractivity contribution in [3.05, 3.63) is 35.4 Å². The normalized spacial score (nSPS) is 29.8. The van der Waals surface area contributed by atoms with Gasteiger partial charge in [-0.05, 0) is 74.0 Å². The van der Waals surface area contributed by atoms with Gasteiger partial charge in [-0.2, -0.15) is 5.26 Å². The predicted octanol–water partition coefficient (Wildman–Crippen LogP) is 1.84. The number of carbonyl (C=O) groups excluding carboxylic acids is 2. The first-order valence-electron chi connectivity index (χ1n) is 10.1. The van der Waals surface area contributed by atoms with Crippen molar-refractivity contribution in [2.75, 3.05) is 5.75 Å². The molecule has 1 aromatic rings. The Labute approximate surface area is 170 Å². The highest BCUT2D eigenvalue weighted by molar-refractivity contribution is 7.91. The number of benzene rings is 1. The minimum absolute atomic E-state index is 0.172. The van der Waals surface area contributed by atoms with Gasteiger partial charge in [-0.3, -0.25) is 20.4 Å². The van der Waals surface area contributed by atoms with Gasteiger partial charge in [0.25, 0.3) is 5.91 Å². The summed E-state index contributed by atoms with van der Waals surface area (Å²) in [5.41, 5.74) is 5.36. The van der Waals surface area contributed by atoms with Crippen LogP contribution in [0.25, 0.3) is 0 Å². The Morgan fingerprint density at radius 1 is 1.00 bits per heavy atom. The van der Waals surface area contributed by atoms with Crippen LogP contribution in [-0.2, 0) is 25.2 Å².